The number of hydrogen-bond donors (Lipinski definition) is 1. The molecule has 0 saturated carbocycles. The van der Waals surface area contributed by atoms with Gasteiger partial charge in [0.2, 0.25) is 0 Å². The van der Waals surface area contributed by atoms with Gasteiger partial charge in [-0.1, -0.05) is 13.8 Å². The first-order chi connectivity index (χ1) is 7.74. The van der Waals surface area contributed by atoms with Gasteiger partial charge in [-0.15, -0.1) is 0 Å². The summed E-state index contributed by atoms with van der Waals surface area (Å²) in [6, 6.07) is 0.860. The Bertz CT molecular complexity index is 335. The maximum absolute atomic E-state index is 5.58. The molecular formula is C12H21N3O. The number of likely N-dealkylation sites (N-methyl/N-ethyl adjacent to an activating group) is 1. The molecule has 0 spiro atoms. The summed E-state index contributed by atoms with van der Waals surface area (Å²) in [6.45, 7) is 5.99. The highest BCUT2D eigenvalue weighted by Gasteiger charge is 2.27. The second-order valence-electron chi connectivity index (χ2n) is 4.67. The Kier molecular flexibility index (Phi) is 3.61. The Labute approximate surface area is 97.0 Å². The van der Waals surface area contributed by atoms with Gasteiger partial charge in [-0.3, -0.25) is 0 Å². The second kappa shape index (κ2) is 4.97. The van der Waals surface area contributed by atoms with Gasteiger partial charge in [0, 0.05) is 31.0 Å². The molecule has 1 aliphatic heterocycles. The highest BCUT2D eigenvalue weighted by Crippen LogP contribution is 2.24. The Hall–Kier alpha value is -0.870. The summed E-state index contributed by atoms with van der Waals surface area (Å²) in [7, 11) is 2.02. The lowest BCUT2D eigenvalue weighted by Gasteiger charge is -2.33. The number of nitrogens with one attached hydrogen (secondary N) is 1. The van der Waals surface area contributed by atoms with Crippen LogP contribution in [0.1, 0.15) is 38.1 Å². The quantitative estimate of drug-likeness (QED) is 0.845. The first-order valence-corrected chi connectivity index (χ1v) is 6.01. The first kappa shape index (κ1) is 11.6. The zero-order valence-electron chi connectivity index (χ0n) is 10.3. The normalized spacial score (nSPS) is 26.2. The van der Waals surface area contributed by atoms with E-state index in [1.165, 1.54) is 0 Å². The van der Waals surface area contributed by atoms with Crippen LogP contribution in [0.2, 0.25) is 0 Å². The van der Waals surface area contributed by atoms with E-state index in [1.54, 1.807) is 0 Å². The zero-order chi connectivity index (χ0) is 11.5. The molecule has 16 heavy (non-hydrogen) atoms. The number of ether oxygens (including phenoxy) is 1. The molecule has 1 aromatic rings. The Morgan fingerprint density at radius 3 is 3.06 bits per heavy atom. The largest absolute Gasteiger partial charge is 0.379 e. The van der Waals surface area contributed by atoms with Gasteiger partial charge in [-0.25, -0.2) is 4.98 Å². The standard InChI is InChI=1S/C12H21N3O/c1-9(2)12-14-5-6-15(12)11-8-16-7-4-10(11)13-3/h5-6,9-11,13H,4,7-8H2,1-3H3. The smallest absolute Gasteiger partial charge is 0.111 e. The van der Waals surface area contributed by atoms with Crippen molar-refractivity contribution in [3.05, 3.63) is 18.2 Å². The number of rotatable bonds is 3. The predicted molar refractivity (Wildman–Crippen MR) is 63.6 cm³/mol. The fraction of sp³-hybridized carbons (Fsp3) is 0.750. The minimum atomic E-state index is 0.374. The number of aromatic nitrogens is 2. The summed E-state index contributed by atoms with van der Waals surface area (Å²) < 4.78 is 7.85. The molecule has 4 heteroatoms. The fourth-order valence-corrected chi connectivity index (χ4v) is 2.39. The SMILES string of the molecule is CNC1CCOCC1n1ccnc1C(C)C. The molecule has 0 aliphatic carbocycles. The van der Waals surface area contributed by atoms with Crippen molar-refractivity contribution in [3.63, 3.8) is 0 Å². The van der Waals surface area contributed by atoms with Crippen molar-refractivity contribution in [2.45, 2.75) is 38.3 Å². The van der Waals surface area contributed by atoms with Crippen LogP contribution in [0, 0.1) is 0 Å². The van der Waals surface area contributed by atoms with Crippen molar-refractivity contribution in [1.82, 2.24) is 14.9 Å². The molecule has 4 nitrogen and oxygen atoms in total. The van der Waals surface area contributed by atoms with Gasteiger partial charge in [0.05, 0.1) is 12.6 Å². The third kappa shape index (κ3) is 2.13. The van der Waals surface area contributed by atoms with Crippen LogP contribution in [-0.4, -0.2) is 35.9 Å². The first-order valence-electron chi connectivity index (χ1n) is 6.01. The van der Waals surface area contributed by atoms with E-state index in [0.717, 1.165) is 25.5 Å². The third-order valence-corrected chi connectivity index (χ3v) is 3.27. The van der Waals surface area contributed by atoms with E-state index in [2.05, 4.69) is 34.9 Å². The molecular weight excluding hydrogens is 202 g/mol. The summed E-state index contributed by atoms with van der Waals surface area (Å²) in [5, 5.41) is 3.38. The molecule has 0 aromatic carbocycles. The molecule has 2 atom stereocenters. The van der Waals surface area contributed by atoms with E-state index in [4.69, 9.17) is 4.74 Å². The van der Waals surface area contributed by atoms with Crippen LogP contribution in [0.3, 0.4) is 0 Å². The van der Waals surface area contributed by atoms with E-state index in [0.29, 0.717) is 18.0 Å². The number of imidazole rings is 1. The maximum Gasteiger partial charge on any atom is 0.111 e. The molecule has 90 valence electrons. The van der Waals surface area contributed by atoms with Crippen LogP contribution in [0.4, 0.5) is 0 Å². The Balaban J connectivity index is 2.23. The molecule has 1 N–H and O–H groups in total. The fourth-order valence-electron chi connectivity index (χ4n) is 2.39. The molecule has 2 rings (SSSR count). The van der Waals surface area contributed by atoms with Crippen molar-refractivity contribution in [1.29, 1.82) is 0 Å². The average Bonchev–Trinajstić information content (AvgIpc) is 2.77. The van der Waals surface area contributed by atoms with Gasteiger partial charge >= 0.3 is 0 Å². The lowest BCUT2D eigenvalue weighted by atomic mass is 10.0. The molecule has 1 aliphatic rings. The van der Waals surface area contributed by atoms with E-state index in [9.17, 15) is 0 Å². The lowest BCUT2D eigenvalue weighted by Crippen LogP contribution is -2.42. The monoisotopic (exact) mass is 223 g/mol. The van der Waals surface area contributed by atoms with Crippen molar-refractivity contribution >= 4 is 0 Å². The van der Waals surface area contributed by atoms with Gasteiger partial charge in [0.25, 0.3) is 0 Å². The molecule has 1 aromatic heterocycles. The molecule has 0 bridgehead atoms. The topological polar surface area (TPSA) is 39.1 Å². The lowest BCUT2D eigenvalue weighted by molar-refractivity contribution is 0.0378. The highest BCUT2D eigenvalue weighted by atomic mass is 16.5. The van der Waals surface area contributed by atoms with Crippen LogP contribution in [0.5, 0.6) is 0 Å². The van der Waals surface area contributed by atoms with E-state index < -0.39 is 0 Å². The summed E-state index contributed by atoms with van der Waals surface area (Å²) in [4.78, 5) is 4.44. The van der Waals surface area contributed by atoms with E-state index in [1.807, 2.05) is 13.2 Å². The maximum atomic E-state index is 5.58. The molecule has 0 amide bonds. The predicted octanol–water partition coefficient (Wildman–Crippen LogP) is 1.56. The zero-order valence-corrected chi connectivity index (χ0v) is 10.3. The third-order valence-electron chi connectivity index (χ3n) is 3.27. The van der Waals surface area contributed by atoms with Crippen molar-refractivity contribution in [2.24, 2.45) is 0 Å². The summed E-state index contributed by atoms with van der Waals surface area (Å²) >= 11 is 0. The van der Waals surface area contributed by atoms with Gasteiger partial charge in [0.15, 0.2) is 0 Å². The Morgan fingerprint density at radius 1 is 1.56 bits per heavy atom. The van der Waals surface area contributed by atoms with Crippen LogP contribution >= 0.6 is 0 Å². The Morgan fingerprint density at radius 2 is 2.38 bits per heavy atom. The van der Waals surface area contributed by atoms with Crippen molar-refractivity contribution < 1.29 is 4.74 Å². The van der Waals surface area contributed by atoms with Crippen LogP contribution in [0.25, 0.3) is 0 Å². The summed E-state index contributed by atoms with van der Waals surface area (Å²) in [5.74, 6) is 1.60. The number of nitrogens with zero attached hydrogens (tertiary/aromatic N) is 2. The number of hydrogen-bond acceptors (Lipinski definition) is 3. The van der Waals surface area contributed by atoms with E-state index in [-0.39, 0.29) is 0 Å². The summed E-state index contributed by atoms with van der Waals surface area (Å²) in [5.41, 5.74) is 0. The minimum absolute atomic E-state index is 0.374. The molecule has 1 saturated heterocycles. The van der Waals surface area contributed by atoms with E-state index >= 15 is 0 Å². The average molecular weight is 223 g/mol. The van der Waals surface area contributed by atoms with Crippen LogP contribution in [0.15, 0.2) is 12.4 Å². The van der Waals surface area contributed by atoms with Gasteiger partial charge in [-0.2, -0.15) is 0 Å². The molecule has 2 heterocycles. The highest BCUT2D eigenvalue weighted by molar-refractivity contribution is 5.02. The van der Waals surface area contributed by atoms with Gasteiger partial charge in [0.1, 0.15) is 5.82 Å². The molecule has 2 unspecified atom stereocenters. The van der Waals surface area contributed by atoms with Gasteiger partial charge in [-0.05, 0) is 13.5 Å². The van der Waals surface area contributed by atoms with Gasteiger partial charge < -0.3 is 14.6 Å². The van der Waals surface area contributed by atoms with Crippen LogP contribution in [-0.2, 0) is 4.74 Å². The minimum Gasteiger partial charge on any atom is -0.379 e. The molecule has 0 radical (unpaired) electrons. The summed E-state index contributed by atoms with van der Waals surface area (Å²) in [6.07, 6.45) is 5.02. The second-order valence-corrected chi connectivity index (χ2v) is 4.67. The molecule has 1 fully saturated rings. The van der Waals surface area contributed by atoms with Crippen molar-refractivity contribution in [2.75, 3.05) is 20.3 Å². The van der Waals surface area contributed by atoms with Crippen molar-refractivity contribution in [3.8, 4) is 0 Å². The van der Waals surface area contributed by atoms with Crippen LogP contribution < -0.4 is 5.32 Å².